The molecule has 0 atom stereocenters. The van der Waals surface area contributed by atoms with Crippen LogP contribution in [-0.4, -0.2) is 13.1 Å². The van der Waals surface area contributed by atoms with Crippen molar-refractivity contribution in [3.05, 3.63) is 50.1 Å². The lowest BCUT2D eigenvalue weighted by Crippen LogP contribution is -1.98. The fourth-order valence-electron chi connectivity index (χ4n) is 0.174. The molecule has 0 fully saturated rings. The van der Waals surface area contributed by atoms with E-state index in [0.29, 0.717) is 5.57 Å². The smallest absolute Gasteiger partial charge is 0.332 e. The SMILES string of the molecule is C=C(C)C(=O)OC.C=CC.C=CC=C. The van der Waals surface area contributed by atoms with Crippen LogP contribution in [-0.2, 0) is 9.53 Å². The Morgan fingerprint density at radius 1 is 1.21 bits per heavy atom. The van der Waals surface area contributed by atoms with Gasteiger partial charge >= 0.3 is 5.97 Å². The van der Waals surface area contributed by atoms with Crippen molar-refractivity contribution in [1.29, 1.82) is 0 Å². The highest BCUT2D eigenvalue weighted by atomic mass is 16.5. The Kier molecular flexibility index (Phi) is 22.8. The average molecular weight is 196 g/mol. The third-order valence-corrected chi connectivity index (χ3v) is 0.701. The second-order valence-corrected chi connectivity index (χ2v) is 2.15. The van der Waals surface area contributed by atoms with Gasteiger partial charge in [0.1, 0.15) is 0 Å². The van der Waals surface area contributed by atoms with E-state index < -0.39 is 0 Å². The van der Waals surface area contributed by atoms with Crippen LogP contribution in [0.1, 0.15) is 13.8 Å². The van der Waals surface area contributed by atoms with E-state index in [1.165, 1.54) is 7.11 Å². The molecule has 0 saturated carbocycles. The van der Waals surface area contributed by atoms with Crippen LogP contribution in [0, 0.1) is 0 Å². The van der Waals surface area contributed by atoms with Crippen molar-refractivity contribution >= 4 is 5.97 Å². The van der Waals surface area contributed by atoms with Gasteiger partial charge in [-0.25, -0.2) is 4.79 Å². The third kappa shape index (κ3) is 31.5. The lowest BCUT2D eigenvalue weighted by atomic mass is 10.4. The summed E-state index contributed by atoms with van der Waals surface area (Å²) >= 11 is 0. The summed E-state index contributed by atoms with van der Waals surface area (Å²) in [5.74, 6) is -0.347. The summed E-state index contributed by atoms with van der Waals surface area (Å²) in [7, 11) is 1.33. The first-order valence-electron chi connectivity index (χ1n) is 4.06. The van der Waals surface area contributed by atoms with Crippen LogP contribution >= 0.6 is 0 Å². The Morgan fingerprint density at radius 2 is 1.50 bits per heavy atom. The van der Waals surface area contributed by atoms with Crippen LogP contribution in [0.25, 0.3) is 0 Å². The van der Waals surface area contributed by atoms with Crippen LogP contribution in [0.2, 0.25) is 0 Å². The summed E-state index contributed by atoms with van der Waals surface area (Å²) in [5, 5.41) is 0. The number of carbonyl (C=O) groups excluding carboxylic acids is 1. The molecule has 2 heteroatoms. The second kappa shape index (κ2) is 17.5. The Labute approximate surface area is 87.3 Å². The fourth-order valence-corrected chi connectivity index (χ4v) is 0.174. The van der Waals surface area contributed by atoms with Crippen LogP contribution < -0.4 is 0 Å². The maximum atomic E-state index is 10.2. The van der Waals surface area contributed by atoms with Gasteiger partial charge in [-0.1, -0.05) is 38.0 Å². The zero-order valence-corrected chi connectivity index (χ0v) is 9.38. The number of allylic oxidation sites excluding steroid dienone is 3. The quantitative estimate of drug-likeness (QED) is 0.293. The molecule has 0 heterocycles. The van der Waals surface area contributed by atoms with Gasteiger partial charge in [0.05, 0.1) is 7.11 Å². The van der Waals surface area contributed by atoms with Gasteiger partial charge in [0.15, 0.2) is 0 Å². The molecule has 0 aromatic carbocycles. The number of carbonyl (C=O) groups is 1. The van der Waals surface area contributed by atoms with E-state index >= 15 is 0 Å². The molecule has 0 unspecified atom stereocenters. The first-order chi connectivity index (χ1) is 6.51. The third-order valence-electron chi connectivity index (χ3n) is 0.701. The van der Waals surface area contributed by atoms with Gasteiger partial charge in [0.25, 0.3) is 0 Å². The van der Waals surface area contributed by atoms with Crippen molar-refractivity contribution < 1.29 is 9.53 Å². The van der Waals surface area contributed by atoms with Crippen molar-refractivity contribution in [3.8, 4) is 0 Å². The summed E-state index contributed by atoms with van der Waals surface area (Å²) in [6.07, 6.45) is 5.03. The molecule has 0 aliphatic carbocycles. The van der Waals surface area contributed by atoms with Crippen LogP contribution in [0.3, 0.4) is 0 Å². The highest BCUT2D eigenvalue weighted by Gasteiger charge is 1.95. The molecule has 0 amide bonds. The standard InChI is InChI=1S/C5H8O2.C4H6.C3H6/c1-4(2)5(6)7-3;1-3-4-2;1-3-2/h1H2,2-3H3;3-4H,1-2H2;3H,1H2,2H3. The fraction of sp³-hybridized carbons (Fsp3) is 0.250. The molecule has 80 valence electrons. The molecule has 2 nitrogen and oxygen atoms in total. The van der Waals surface area contributed by atoms with E-state index in [4.69, 9.17) is 0 Å². The minimum atomic E-state index is -0.347. The summed E-state index contributed by atoms with van der Waals surface area (Å²) in [6, 6.07) is 0. The van der Waals surface area contributed by atoms with Gasteiger partial charge in [-0.3, -0.25) is 0 Å². The molecule has 0 bridgehead atoms. The first-order valence-corrected chi connectivity index (χ1v) is 4.06. The number of methoxy groups -OCH3 is 1. The first kappa shape index (κ1) is 18.3. The van der Waals surface area contributed by atoms with E-state index in [1.807, 2.05) is 6.92 Å². The normalized spacial score (nSPS) is 6.21. The Balaban J connectivity index is -0.000000147. The van der Waals surface area contributed by atoms with Crippen molar-refractivity contribution in [3.63, 3.8) is 0 Å². The average Bonchev–Trinajstić information content (AvgIpc) is 2.18. The summed E-state index contributed by atoms with van der Waals surface area (Å²) in [6.45, 7) is 16.9. The summed E-state index contributed by atoms with van der Waals surface area (Å²) in [4.78, 5) is 10.2. The van der Waals surface area contributed by atoms with Crippen molar-refractivity contribution in [2.24, 2.45) is 0 Å². The topological polar surface area (TPSA) is 26.3 Å². The maximum Gasteiger partial charge on any atom is 0.332 e. The van der Waals surface area contributed by atoms with Crippen LogP contribution in [0.4, 0.5) is 0 Å². The molecule has 0 aliphatic heterocycles. The van der Waals surface area contributed by atoms with Gasteiger partial charge in [0.2, 0.25) is 0 Å². The minimum absolute atomic E-state index is 0.347. The van der Waals surface area contributed by atoms with Gasteiger partial charge < -0.3 is 4.74 Å². The Hall–Kier alpha value is -1.57. The van der Waals surface area contributed by atoms with Gasteiger partial charge in [0, 0.05) is 5.57 Å². The van der Waals surface area contributed by atoms with E-state index in [0.717, 1.165) is 0 Å². The minimum Gasteiger partial charge on any atom is -0.466 e. The van der Waals surface area contributed by atoms with Crippen molar-refractivity contribution in [1.82, 2.24) is 0 Å². The molecule has 0 rings (SSSR count). The molecule has 0 saturated heterocycles. The molecule has 0 radical (unpaired) electrons. The van der Waals surface area contributed by atoms with E-state index in [-0.39, 0.29) is 5.97 Å². The van der Waals surface area contributed by atoms with Gasteiger partial charge in [-0.05, 0) is 13.8 Å². The number of esters is 1. The highest BCUT2D eigenvalue weighted by molar-refractivity contribution is 5.86. The lowest BCUT2D eigenvalue weighted by molar-refractivity contribution is -0.136. The van der Waals surface area contributed by atoms with E-state index in [2.05, 4.69) is 31.1 Å². The lowest BCUT2D eigenvalue weighted by Gasteiger charge is -1.91. The van der Waals surface area contributed by atoms with Crippen molar-refractivity contribution in [2.75, 3.05) is 7.11 Å². The predicted molar refractivity (Wildman–Crippen MR) is 63.1 cm³/mol. The molecule has 14 heavy (non-hydrogen) atoms. The van der Waals surface area contributed by atoms with E-state index in [9.17, 15) is 4.79 Å². The molecule has 0 aromatic rings. The highest BCUT2D eigenvalue weighted by Crippen LogP contribution is 1.87. The van der Waals surface area contributed by atoms with E-state index in [1.54, 1.807) is 25.2 Å². The Morgan fingerprint density at radius 3 is 1.50 bits per heavy atom. The van der Waals surface area contributed by atoms with Crippen molar-refractivity contribution in [2.45, 2.75) is 13.8 Å². The molecular formula is C12H20O2. The van der Waals surface area contributed by atoms with Gasteiger partial charge in [-0.15, -0.1) is 6.58 Å². The Bertz CT molecular complexity index is 184. The molecule has 0 aromatic heterocycles. The molecule has 0 spiro atoms. The largest absolute Gasteiger partial charge is 0.466 e. The van der Waals surface area contributed by atoms with Gasteiger partial charge in [-0.2, -0.15) is 0 Å². The predicted octanol–water partition coefficient (Wildman–Crippen LogP) is 3.29. The number of rotatable bonds is 2. The maximum absolute atomic E-state index is 10.2. The van der Waals surface area contributed by atoms with Crippen LogP contribution in [0.5, 0.6) is 0 Å². The summed E-state index contributed by atoms with van der Waals surface area (Å²) < 4.78 is 4.27. The number of ether oxygens (including phenoxy) is 1. The molecule has 0 N–H and O–H groups in total. The second-order valence-electron chi connectivity index (χ2n) is 2.15. The molecular weight excluding hydrogens is 176 g/mol. The summed E-state index contributed by atoms with van der Waals surface area (Å²) in [5.41, 5.74) is 0.433. The zero-order chi connectivity index (χ0) is 12.0. The number of hydrogen-bond acceptors (Lipinski definition) is 2. The van der Waals surface area contributed by atoms with Crippen LogP contribution in [0.15, 0.2) is 50.1 Å². The molecule has 0 aliphatic rings. The monoisotopic (exact) mass is 196 g/mol. The number of hydrogen-bond donors (Lipinski definition) is 0. The zero-order valence-electron chi connectivity index (χ0n) is 9.38.